The van der Waals surface area contributed by atoms with Gasteiger partial charge in [-0.3, -0.25) is 9.69 Å². The predicted octanol–water partition coefficient (Wildman–Crippen LogP) is 2.86. The third-order valence-electron chi connectivity index (χ3n) is 4.59. The van der Waals surface area contributed by atoms with Crippen LogP contribution in [-0.4, -0.2) is 37.1 Å². The van der Waals surface area contributed by atoms with E-state index in [4.69, 9.17) is 4.74 Å². The van der Waals surface area contributed by atoms with Gasteiger partial charge < -0.3 is 4.74 Å². The molecular weight excluding hydrogens is 238 g/mol. The van der Waals surface area contributed by atoms with Gasteiger partial charge >= 0.3 is 5.97 Å². The van der Waals surface area contributed by atoms with E-state index in [1.807, 2.05) is 0 Å². The molecule has 1 heterocycles. The molecule has 19 heavy (non-hydrogen) atoms. The highest BCUT2D eigenvalue weighted by Crippen LogP contribution is 2.33. The highest BCUT2D eigenvalue weighted by Gasteiger charge is 2.28. The molecule has 0 unspecified atom stereocenters. The second-order valence-corrected chi connectivity index (χ2v) is 6.38. The molecule has 0 aromatic heterocycles. The third kappa shape index (κ3) is 4.07. The van der Waals surface area contributed by atoms with Crippen LogP contribution in [0.15, 0.2) is 11.6 Å². The quantitative estimate of drug-likeness (QED) is 0.578. The summed E-state index contributed by atoms with van der Waals surface area (Å²) < 4.78 is 5.51. The average Bonchev–Trinajstić information content (AvgIpc) is 2.80. The molecule has 1 aliphatic carbocycles. The number of hydrogen-bond donors (Lipinski definition) is 0. The normalized spacial score (nSPS) is 32.2. The molecule has 0 aromatic carbocycles. The van der Waals surface area contributed by atoms with Gasteiger partial charge in [-0.15, -0.1) is 0 Å². The number of hydrogen-bond acceptors (Lipinski definition) is 3. The molecule has 1 saturated heterocycles. The number of rotatable bonds is 4. The summed E-state index contributed by atoms with van der Waals surface area (Å²) in [5.74, 6) is 1.56. The van der Waals surface area contributed by atoms with Gasteiger partial charge in [0.15, 0.2) is 0 Å². The zero-order valence-corrected chi connectivity index (χ0v) is 12.5. The first-order valence-electron chi connectivity index (χ1n) is 7.61. The van der Waals surface area contributed by atoms with E-state index in [1.54, 1.807) is 0 Å². The molecule has 0 aromatic rings. The second kappa shape index (κ2) is 6.56. The highest BCUT2D eigenvalue weighted by atomic mass is 16.5. The largest absolute Gasteiger partial charge is 0.464 e. The smallest absolute Gasteiger partial charge is 0.320 e. The fraction of sp³-hybridized carbons (Fsp3) is 0.812. The van der Waals surface area contributed by atoms with Crippen LogP contribution in [0, 0.1) is 17.8 Å². The summed E-state index contributed by atoms with van der Waals surface area (Å²) >= 11 is 0. The summed E-state index contributed by atoms with van der Waals surface area (Å²) in [6.07, 6.45) is 5.90. The van der Waals surface area contributed by atoms with Crippen LogP contribution in [0.5, 0.6) is 0 Å². The lowest BCUT2D eigenvalue weighted by Crippen LogP contribution is -2.32. The van der Waals surface area contributed by atoms with E-state index in [-0.39, 0.29) is 5.97 Å². The summed E-state index contributed by atoms with van der Waals surface area (Å²) in [6.45, 7) is 9.86. The first-order chi connectivity index (χ1) is 9.06. The molecule has 0 saturated carbocycles. The van der Waals surface area contributed by atoms with E-state index in [1.165, 1.54) is 18.4 Å². The molecule has 0 bridgehead atoms. The fourth-order valence-electron chi connectivity index (χ4n) is 3.49. The minimum absolute atomic E-state index is 0.0485. The Bertz CT molecular complexity index is 345. The number of likely N-dealkylation sites (tertiary alicyclic amines) is 1. The molecule has 3 heteroatoms. The Kier molecular flexibility index (Phi) is 5.03. The molecule has 3 atom stereocenters. The number of carbonyl (C=O) groups is 1. The Hall–Kier alpha value is -0.830. The van der Waals surface area contributed by atoms with Crippen molar-refractivity contribution in [2.75, 3.05) is 26.2 Å². The summed E-state index contributed by atoms with van der Waals surface area (Å²) in [5, 5.41) is 0. The van der Waals surface area contributed by atoms with E-state index in [0.29, 0.717) is 30.9 Å². The Labute approximate surface area is 117 Å². The first kappa shape index (κ1) is 14.6. The van der Waals surface area contributed by atoms with Crippen LogP contribution in [-0.2, 0) is 9.53 Å². The van der Waals surface area contributed by atoms with Gasteiger partial charge in [-0.25, -0.2) is 0 Å². The number of esters is 1. The third-order valence-corrected chi connectivity index (χ3v) is 4.59. The Balaban J connectivity index is 1.76. The molecule has 0 radical (unpaired) electrons. The van der Waals surface area contributed by atoms with Crippen molar-refractivity contribution in [1.82, 2.24) is 4.90 Å². The van der Waals surface area contributed by atoms with Gasteiger partial charge in [-0.05, 0) is 51.1 Å². The molecule has 108 valence electrons. The van der Waals surface area contributed by atoms with Gasteiger partial charge in [0.25, 0.3) is 0 Å². The highest BCUT2D eigenvalue weighted by molar-refractivity contribution is 5.71. The topological polar surface area (TPSA) is 29.5 Å². The van der Waals surface area contributed by atoms with Gasteiger partial charge in [0.1, 0.15) is 0 Å². The maximum atomic E-state index is 11.8. The number of allylic oxidation sites excluding steroid dienone is 2. The van der Waals surface area contributed by atoms with Crippen LogP contribution >= 0.6 is 0 Å². The predicted molar refractivity (Wildman–Crippen MR) is 76.8 cm³/mol. The molecule has 3 nitrogen and oxygen atoms in total. The van der Waals surface area contributed by atoms with Crippen LogP contribution in [0.25, 0.3) is 0 Å². The van der Waals surface area contributed by atoms with Crippen molar-refractivity contribution in [3.8, 4) is 0 Å². The number of nitrogens with zero attached hydrogens (tertiary/aromatic N) is 1. The molecule has 0 spiro atoms. The zero-order chi connectivity index (χ0) is 13.8. The van der Waals surface area contributed by atoms with Gasteiger partial charge in [0.2, 0.25) is 0 Å². The van der Waals surface area contributed by atoms with Crippen molar-refractivity contribution in [2.24, 2.45) is 17.8 Å². The van der Waals surface area contributed by atoms with Crippen LogP contribution in [0.4, 0.5) is 0 Å². The lowest BCUT2D eigenvalue weighted by molar-refractivity contribution is -0.147. The van der Waals surface area contributed by atoms with E-state index in [9.17, 15) is 4.79 Å². The number of ether oxygens (including phenoxy) is 1. The van der Waals surface area contributed by atoms with Gasteiger partial charge in [-0.2, -0.15) is 0 Å². The zero-order valence-electron chi connectivity index (χ0n) is 12.5. The lowest BCUT2D eigenvalue weighted by Gasteiger charge is -2.32. The van der Waals surface area contributed by atoms with Crippen molar-refractivity contribution in [3.05, 3.63) is 11.6 Å². The second-order valence-electron chi connectivity index (χ2n) is 6.38. The van der Waals surface area contributed by atoms with Crippen molar-refractivity contribution in [2.45, 2.75) is 40.0 Å². The first-order valence-corrected chi connectivity index (χ1v) is 7.61. The van der Waals surface area contributed by atoms with Crippen molar-refractivity contribution in [1.29, 1.82) is 0 Å². The van der Waals surface area contributed by atoms with Gasteiger partial charge in [0, 0.05) is 5.92 Å². The molecular formula is C16H27NO2. The van der Waals surface area contributed by atoms with E-state index < -0.39 is 0 Å². The summed E-state index contributed by atoms with van der Waals surface area (Å²) in [4.78, 5) is 14.0. The molecule has 2 aliphatic rings. The Morgan fingerprint density at radius 3 is 2.68 bits per heavy atom. The minimum Gasteiger partial charge on any atom is -0.464 e. The number of carbonyl (C=O) groups excluding carboxylic acids is 1. The summed E-state index contributed by atoms with van der Waals surface area (Å²) in [7, 11) is 0. The van der Waals surface area contributed by atoms with E-state index in [2.05, 4.69) is 31.7 Å². The van der Waals surface area contributed by atoms with Crippen LogP contribution < -0.4 is 0 Å². The van der Waals surface area contributed by atoms with Crippen LogP contribution in [0.1, 0.15) is 40.0 Å². The monoisotopic (exact) mass is 265 g/mol. The molecule has 1 aliphatic heterocycles. The van der Waals surface area contributed by atoms with Crippen LogP contribution in [0.3, 0.4) is 0 Å². The average molecular weight is 265 g/mol. The SMILES string of the molecule is CC1=C[C@H](C)[C@@H](COC(=O)CN2CCCC2)[C@@H](C)C1. The Morgan fingerprint density at radius 2 is 2.05 bits per heavy atom. The molecule has 0 N–H and O–H groups in total. The van der Waals surface area contributed by atoms with Gasteiger partial charge in [0.05, 0.1) is 13.2 Å². The fourth-order valence-corrected chi connectivity index (χ4v) is 3.49. The van der Waals surface area contributed by atoms with E-state index >= 15 is 0 Å². The summed E-state index contributed by atoms with van der Waals surface area (Å²) in [6, 6.07) is 0. The van der Waals surface area contributed by atoms with Crippen LogP contribution in [0.2, 0.25) is 0 Å². The minimum atomic E-state index is -0.0485. The van der Waals surface area contributed by atoms with Crippen molar-refractivity contribution in [3.63, 3.8) is 0 Å². The lowest BCUT2D eigenvalue weighted by atomic mass is 9.75. The van der Waals surface area contributed by atoms with Crippen molar-refractivity contribution >= 4 is 5.97 Å². The molecule has 1 fully saturated rings. The maximum Gasteiger partial charge on any atom is 0.320 e. The molecule has 0 amide bonds. The van der Waals surface area contributed by atoms with Crippen molar-refractivity contribution < 1.29 is 9.53 Å². The standard InChI is InChI=1S/C16H27NO2/c1-12-8-13(2)15(14(3)9-12)11-19-16(18)10-17-6-4-5-7-17/h8,13-15H,4-7,9-11H2,1-3H3/t13-,14-,15+/m0/s1. The van der Waals surface area contributed by atoms with Gasteiger partial charge in [-0.1, -0.05) is 25.5 Å². The summed E-state index contributed by atoms with van der Waals surface area (Å²) in [5.41, 5.74) is 1.47. The molecule has 2 rings (SSSR count). The van der Waals surface area contributed by atoms with E-state index in [0.717, 1.165) is 19.5 Å². The maximum absolute atomic E-state index is 11.8. The Morgan fingerprint density at radius 1 is 1.37 bits per heavy atom.